The van der Waals surface area contributed by atoms with E-state index in [2.05, 4.69) is 6.58 Å². The Hall–Kier alpha value is -2.30. The predicted molar refractivity (Wildman–Crippen MR) is 71.5 cm³/mol. The number of carbonyl (C=O) groups excluding carboxylic acids is 2. The third kappa shape index (κ3) is 2.93. The van der Waals surface area contributed by atoms with Crippen LogP contribution in [0.15, 0.2) is 30.8 Å². The van der Waals surface area contributed by atoms with Gasteiger partial charge in [0.2, 0.25) is 0 Å². The lowest BCUT2D eigenvalue weighted by molar-refractivity contribution is -0.124. The van der Waals surface area contributed by atoms with Gasteiger partial charge in [-0.2, -0.15) is 0 Å². The molecule has 19 heavy (non-hydrogen) atoms. The lowest BCUT2D eigenvalue weighted by Crippen LogP contribution is -2.28. The Balaban J connectivity index is 2.22. The van der Waals surface area contributed by atoms with Crippen LogP contribution in [-0.4, -0.2) is 30.0 Å². The van der Waals surface area contributed by atoms with Crippen LogP contribution in [0.2, 0.25) is 0 Å². The minimum absolute atomic E-state index is 0.127. The minimum Gasteiger partial charge on any atom is -0.410 e. The van der Waals surface area contributed by atoms with Crippen molar-refractivity contribution in [1.82, 2.24) is 4.90 Å². The number of likely N-dealkylation sites (tertiary alicyclic amines) is 1. The monoisotopic (exact) mass is 260 g/mol. The lowest BCUT2D eigenvalue weighted by Gasteiger charge is -2.18. The average Bonchev–Trinajstić information content (AvgIpc) is 2.91. The first-order chi connectivity index (χ1) is 9.09. The number of carbonyl (C=O) groups is 2. The van der Waals surface area contributed by atoms with Crippen molar-refractivity contribution < 1.29 is 14.3 Å². The van der Waals surface area contributed by atoms with Gasteiger partial charge in [-0.15, -0.1) is 0 Å². The van der Waals surface area contributed by atoms with Gasteiger partial charge in [-0.05, 0) is 18.9 Å². The lowest BCUT2D eigenvalue weighted by atomic mass is 10.1. The van der Waals surface area contributed by atoms with Crippen LogP contribution in [0, 0.1) is 0 Å². The molecule has 1 fully saturated rings. The molecule has 2 rings (SSSR count). The normalized spacial score (nSPS) is 14.2. The molecule has 2 amide bonds. The van der Waals surface area contributed by atoms with E-state index >= 15 is 0 Å². The van der Waals surface area contributed by atoms with Crippen molar-refractivity contribution in [2.45, 2.75) is 12.8 Å². The molecule has 100 valence electrons. The topological polar surface area (TPSA) is 72.6 Å². The summed E-state index contributed by atoms with van der Waals surface area (Å²) in [4.78, 5) is 24.8. The van der Waals surface area contributed by atoms with Crippen molar-refractivity contribution in [2.75, 3.05) is 13.1 Å². The highest BCUT2D eigenvalue weighted by Gasteiger charge is 2.23. The van der Waals surface area contributed by atoms with Gasteiger partial charge in [-0.3, -0.25) is 4.79 Å². The molecule has 0 atom stereocenters. The number of para-hydroxylation sites is 1. The smallest absolute Gasteiger partial charge is 0.409 e. The van der Waals surface area contributed by atoms with E-state index in [1.165, 1.54) is 0 Å². The third-order valence-corrected chi connectivity index (χ3v) is 3.07. The molecule has 1 heterocycles. The first-order valence-electron chi connectivity index (χ1n) is 6.14. The zero-order chi connectivity index (χ0) is 13.8. The molecule has 0 spiro atoms. The summed E-state index contributed by atoms with van der Waals surface area (Å²) in [6, 6.07) is 6.73. The molecule has 0 saturated carbocycles. The summed E-state index contributed by atoms with van der Waals surface area (Å²) >= 11 is 0. The molecule has 1 aliphatic rings. The summed E-state index contributed by atoms with van der Waals surface area (Å²) < 4.78 is 4.89. The SMILES string of the molecule is C=C(C(=O)N1CCCC1)c1ccccc1OC(N)=O. The summed E-state index contributed by atoms with van der Waals surface area (Å²) in [6.07, 6.45) is 1.12. The molecule has 1 aliphatic heterocycles. The number of rotatable bonds is 3. The van der Waals surface area contributed by atoms with Gasteiger partial charge in [0.15, 0.2) is 0 Å². The molecule has 1 aromatic rings. The van der Waals surface area contributed by atoms with Gasteiger partial charge in [0.25, 0.3) is 5.91 Å². The number of nitrogens with zero attached hydrogens (tertiary/aromatic N) is 1. The van der Waals surface area contributed by atoms with Crippen molar-refractivity contribution in [3.63, 3.8) is 0 Å². The van der Waals surface area contributed by atoms with Crippen LogP contribution in [0.1, 0.15) is 18.4 Å². The molecule has 0 aliphatic carbocycles. The Labute approximate surface area is 111 Å². The number of primary amides is 1. The van der Waals surface area contributed by atoms with Crippen molar-refractivity contribution in [3.8, 4) is 5.75 Å². The maximum Gasteiger partial charge on any atom is 0.409 e. The molecule has 0 radical (unpaired) electrons. The van der Waals surface area contributed by atoms with Gasteiger partial charge >= 0.3 is 6.09 Å². The van der Waals surface area contributed by atoms with Crippen molar-refractivity contribution >= 4 is 17.6 Å². The number of nitrogens with two attached hydrogens (primary N) is 1. The molecular weight excluding hydrogens is 244 g/mol. The fourth-order valence-electron chi connectivity index (χ4n) is 2.14. The molecule has 5 heteroatoms. The van der Waals surface area contributed by atoms with Gasteiger partial charge in [-0.25, -0.2) is 4.79 Å². The Morgan fingerprint density at radius 2 is 1.84 bits per heavy atom. The zero-order valence-electron chi connectivity index (χ0n) is 10.6. The summed E-state index contributed by atoms with van der Waals surface area (Å²) in [5.74, 6) is 0.130. The maximum atomic E-state index is 12.2. The summed E-state index contributed by atoms with van der Waals surface area (Å²) in [6.45, 7) is 5.31. The predicted octanol–water partition coefficient (Wildman–Crippen LogP) is 1.78. The molecule has 5 nitrogen and oxygen atoms in total. The second kappa shape index (κ2) is 5.56. The fourth-order valence-corrected chi connectivity index (χ4v) is 2.14. The minimum atomic E-state index is -0.908. The molecule has 0 aromatic heterocycles. The van der Waals surface area contributed by atoms with Crippen LogP contribution in [0.4, 0.5) is 4.79 Å². The number of hydrogen-bond acceptors (Lipinski definition) is 3. The van der Waals surface area contributed by atoms with E-state index in [0.29, 0.717) is 11.1 Å². The number of ether oxygens (including phenoxy) is 1. The Morgan fingerprint density at radius 1 is 1.21 bits per heavy atom. The third-order valence-electron chi connectivity index (χ3n) is 3.07. The van der Waals surface area contributed by atoms with E-state index < -0.39 is 6.09 Å². The summed E-state index contributed by atoms with van der Waals surface area (Å²) in [7, 11) is 0. The molecule has 0 bridgehead atoms. The number of hydrogen-bond donors (Lipinski definition) is 1. The molecule has 1 aromatic carbocycles. The van der Waals surface area contributed by atoms with Crippen molar-refractivity contribution in [3.05, 3.63) is 36.4 Å². The second-order valence-electron chi connectivity index (χ2n) is 4.40. The summed E-state index contributed by atoms with van der Waals surface area (Å²) in [5, 5.41) is 0. The molecule has 1 saturated heterocycles. The van der Waals surface area contributed by atoms with E-state index in [0.717, 1.165) is 25.9 Å². The van der Waals surface area contributed by atoms with Crippen LogP contribution < -0.4 is 10.5 Å². The fraction of sp³-hybridized carbons (Fsp3) is 0.286. The van der Waals surface area contributed by atoms with Crippen LogP contribution in [0.3, 0.4) is 0 Å². The van der Waals surface area contributed by atoms with Crippen LogP contribution >= 0.6 is 0 Å². The average molecular weight is 260 g/mol. The van der Waals surface area contributed by atoms with E-state index in [1.54, 1.807) is 29.2 Å². The number of amides is 2. The Bertz CT molecular complexity index is 519. The van der Waals surface area contributed by atoms with Crippen LogP contribution in [0.25, 0.3) is 5.57 Å². The largest absolute Gasteiger partial charge is 0.410 e. The number of benzene rings is 1. The highest BCUT2D eigenvalue weighted by Crippen LogP contribution is 2.27. The van der Waals surface area contributed by atoms with Crippen molar-refractivity contribution in [1.29, 1.82) is 0 Å². The molecular formula is C14H16N2O3. The van der Waals surface area contributed by atoms with Crippen LogP contribution in [-0.2, 0) is 4.79 Å². The Kier molecular flexibility index (Phi) is 3.85. The first kappa shape index (κ1) is 13.1. The molecule has 0 unspecified atom stereocenters. The van der Waals surface area contributed by atoms with E-state index in [1.807, 2.05) is 0 Å². The Morgan fingerprint density at radius 3 is 2.47 bits per heavy atom. The second-order valence-corrected chi connectivity index (χ2v) is 4.40. The highest BCUT2D eigenvalue weighted by atomic mass is 16.5. The van der Waals surface area contributed by atoms with Crippen molar-refractivity contribution in [2.24, 2.45) is 5.73 Å². The van der Waals surface area contributed by atoms with E-state index in [4.69, 9.17) is 10.5 Å². The van der Waals surface area contributed by atoms with Crippen LogP contribution in [0.5, 0.6) is 5.75 Å². The van der Waals surface area contributed by atoms with Gasteiger partial charge in [0.05, 0.1) is 0 Å². The summed E-state index contributed by atoms with van der Waals surface area (Å²) in [5.41, 5.74) is 5.82. The first-order valence-corrected chi connectivity index (χ1v) is 6.14. The quantitative estimate of drug-likeness (QED) is 0.842. The van der Waals surface area contributed by atoms with Gasteiger partial charge in [-0.1, -0.05) is 24.8 Å². The van der Waals surface area contributed by atoms with E-state index in [9.17, 15) is 9.59 Å². The maximum absolute atomic E-state index is 12.2. The standard InChI is InChI=1S/C14H16N2O3/c1-10(13(17)16-8-4-5-9-16)11-6-2-3-7-12(11)19-14(15)18/h2-3,6-7H,1,4-5,8-9H2,(H2,15,18). The van der Waals surface area contributed by atoms with Gasteiger partial charge < -0.3 is 15.4 Å². The zero-order valence-corrected chi connectivity index (χ0v) is 10.6. The van der Waals surface area contributed by atoms with Gasteiger partial charge in [0.1, 0.15) is 5.75 Å². The van der Waals surface area contributed by atoms with Gasteiger partial charge in [0, 0.05) is 24.2 Å². The van der Waals surface area contributed by atoms with E-state index in [-0.39, 0.29) is 11.7 Å². The molecule has 2 N–H and O–H groups in total. The highest BCUT2D eigenvalue weighted by molar-refractivity contribution is 6.19.